The molecule has 4 rings (SSSR count). The van der Waals surface area contributed by atoms with Gasteiger partial charge in [0.25, 0.3) is 5.56 Å². The molecule has 11 heteroatoms. The molecule has 2 aromatic carbocycles. The van der Waals surface area contributed by atoms with Crippen molar-refractivity contribution in [2.75, 3.05) is 19.6 Å². The summed E-state index contributed by atoms with van der Waals surface area (Å²) in [5.41, 5.74) is 7.44. The topological polar surface area (TPSA) is 154 Å². The molecule has 0 saturated carbocycles. The molecule has 5 N–H and O–H groups in total. The van der Waals surface area contributed by atoms with Crippen LogP contribution in [0.2, 0.25) is 0 Å². The monoisotopic (exact) mass is 526 g/mol. The maximum absolute atomic E-state index is 13.5. The van der Waals surface area contributed by atoms with Crippen LogP contribution in [0.25, 0.3) is 11.0 Å². The van der Waals surface area contributed by atoms with Crippen molar-refractivity contribution in [3.8, 4) is 0 Å². The normalized spacial score (nSPS) is 14.7. The Morgan fingerprint density at radius 3 is 2.54 bits per heavy atom. The first-order valence-electron chi connectivity index (χ1n) is 11.8. The summed E-state index contributed by atoms with van der Waals surface area (Å²) in [6.07, 6.45) is 2.07. The molecular formula is C26H31ClN6O4. The van der Waals surface area contributed by atoms with Gasteiger partial charge in [-0.1, -0.05) is 24.3 Å². The van der Waals surface area contributed by atoms with Gasteiger partial charge in [0.15, 0.2) is 0 Å². The average Bonchev–Trinajstić information content (AvgIpc) is 3.40. The maximum Gasteiger partial charge on any atom is 0.317 e. The van der Waals surface area contributed by atoms with E-state index >= 15 is 0 Å². The molecule has 1 aliphatic heterocycles. The average molecular weight is 527 g/mol. The number of amides is 1. The van der Waals surface area contributed by atoms with Gasteiger partial charge in [0, 0.05) is 32.1 Å². The molecule has 0 radical (unpaired) electrons. The predicted molar refractivity (Wildman–Crippen MR) is 143 cm³/mol. The van der Waals surface area contributed by atoms with Crippen LogP contribution in [0.15, 0.2) is 47.3 Å². The Morgan fingerprint density at radius 2 is 1.89 bits per heavy atom. The van der Waals surface area contributed by atoms with E-state index in [9.17, 15) is 19.5 Å². The summed E-state index contributed by atoms with van der Waals surface area (Å²) in [6, 6.07) is 12.3. The maximum atomic E-state index is 13.5. The number of carbonyl (C=O) groups is 2. The number of carbonyl (C=O) groups excluding carboxylic acids is 1. The molecule has 37 heavy (non-hydrogen) atoms. The number of carboxylic acids is 1. The molecule has 0 spiro atoms. The van der Waals surface area contributed by atoms with E-state index in [4.69, 9.17) is 11.1 Å². The Bertz CT molecular complexity index is 1420. The van der Waals surface area contributed by atoms with E-state index in [0.717, 1.165) is 18.4 Å². The fraction of sp³-hybridized carbons (Fsp3) is 0.346. The molecule has 1 aromatic heterocycles. The van der Waals surface area contributed by atoms with E-state index in [2.05, 4.69) is 10.3 Å². The number of amidine groups is 1. The second kappa shape index (κ2) is 11.1. The predicted octanol–water partition coefficient (Wildman–Crippen LogP) is 1.74. The number of nitrogens with two attached hydrogens (primary N) is 1. The minimum atomic E-state index is -1.27. The molecule has 1 saturated heterocycles. The lowest BCUT2D eigenvalue weighted by Gasteiger charge is -2.33. The Balaban J connectivity index is 0.00000380. The SMILES string of the molecule is Cl.Cn1c(=O)c(Cc2cccc(C(=N)N)c2)nc2cc(C(C)(NCC(=O)O)C(=O)N3CCCC3)ccc21. The van der Waals surface area contributed by atoms with Crippen molar-refractivity contribution in [2.45, 2.75) is 31.7 Å². The molecule has 1 unspecified atom stereocenters. The molecule has 196 valence electrons. The first kappa shape index (κ1) is 27.8. The van der Waals surface area contributed by atoms with Gasteiger partial charge in [0.05, 0.1) is 17.6 Å². The van der Waals surface area contributed by atoms with E-state index in [1.165, 1.54) is 4.57 Å². The third-order valence-electron chi connectivity index (χ3n) is 6.74. The van der Waals surface area contributed by atoms with Crippen molar-refractivity contribution < 1.29 is 14.7 Å². The Morgan fingerprint density at radius 1 is 1.19 bits per heavy atom. The number of benzene rings is 2. The number of aromatic nitrogens is 2. The Kier molecular flexibility index (Phi) is 8.35. The summed E-state index contributed by atoms with van der Waals surface area (Å²) in [7, 11) is 1.67. The van der Waals surface area contributed by atoms with Gasteiger partial charge in [0.1, 0.15) is 17.1 Å². The molecule has 2 heterocycles. The lowest BCUT2D eigenvalue weighted by atomic mass is 9.89. The van der Waals surface area contributed by atoms with Crippen LogP contribution in [0.3, 0.4) is 0 Å². The van der Waals surface area contributed by atoms with Crippen molar-refractivity contribution >= 4 is 41.2 Å². The highest BCUT2D eigenvalue weighted by Gasteiger charge is 2.39. The van der Waals surface area contributed by atoms with Crippen molar-refractivity contribution in [2.24, 2.45) is 12.8 Å². The molecule has 1 fully saturated rings. The van der Waals surface area contributed by atoms with Crippen molar-refractivity contribution in [3.05, 3.63) is 75.2 Å². The number of aryl methyl sites for hydroxylation is 1. The third kappa shape index (κ3) is 5.65. The van der Waals surface area contributed by atoms with Crippen LogP contribution in [0, 0.1) is 5.41 Å². The summed E-state index contributed by atoms with van der Waals surface area (Å²) in [5, 5.41) is 19.9. The Hall–Kier alpha value is -3.76. The van der Waals surface area contributed by atoms with E-state index in [-0.39, 0.29) is 42.7 Å². The van der Waals surface area contributed by atoms with Gasteiger partial charge in [0.2, 0.25) is 5.91 Å². The number of fused-ring (bicyclic) bond motifs is 1. The van der Waals surface area contributed by atoms with Crippen LogP contribution in [-0.2, 0) is 28.6 Å². The number of hydrogen-bond donors (Lipinski definition) is 4. The van der Waals surface area contributed by atoms with E-state index in [1.54, 1.807) is 55.3 Å². The van der Waals surface area contributed by atoms with E-state index in [1.807, 2.05) is 6.07 Å². The van der Waals surface area contributed by atoms with Crippen molar-refractivity contribution in [1.82, 2.24) is 19.8 Å². The standard InChI is InChI=1S/C26H30N6O4.ClH/c1-26(29-15-22(33)34,25(36)32-10-3-4-11-32)18-8-9-21-19(14-18)30-20(24(35)31(21)2)13-16-6-5-7-17(12-16)23(27)28;/h5-9,12,14,29H,3-4,10-11,13,15H2,1-2H3,(H3,27,28)(H,33,34);1H. The number of carboxylic acid groups (broad SMARTS) is 1. The number of rotatable bonds is 8. The molecule has 1 amide bonds. The first-order valence-corrected chi connectivity index (χ1v) is 11.8. The summed E-state index contributed by atoms with van der Waals surface area (Å²) in [5.74, 6) is -1.31. The molecule has 1 atom stereocenters. The van der Waals surface area contributed by atoms with Crippen LogP contribution in [0.5, 0.6) is 0 Å². The minimum absolute atomic E-state index is 0. The van der Waals surface area contributed by atoms with Gasteiger partial charge >= 0.3 is 5.97 Å². The van der Waals surface area contributed by atoms with Crippen LogP contribution < -0.4 is 16.6 Å². The zero-order chi connectivity index (χ0) is 26.0. The fourth-order valence-electron chi connectivity index (χ4n) is 4.65. The van der Waals surface area contributed by atoms with Gasteiger partial charge in [-0.05, 0) is 49.1 Å². The van der Waals surface area contributed by atoms with Gasteiger partial charge in [-0.3, -0.25) is 25.1 Å². The van der Waals surface area contributed by atoms with Crippen LogP contribution >= 0.6 is 12.4 Å². The van der Waals surface area contributed by atoms with Crippen molar-refractivity contribution in [1.29, 1.82) is 5.41 Å². The Labute approximate surface area is 220 Å². The van der Waals surface area contributed by atoms with Gasteiger partial charge < -0.3 is 20.3 Å². The summed E-state index contributed by atoms with van der Waals surface area (Å²) < 4.78 is 1.51. The van der Waals surface area contributed by atoms with E-state index < -0.39 is 11.5 Å². The first-order chi connectivity index (χ1) is 17.1. The lowest BCUT2D eigenvalue weighted by molar-refractivity contribution is -0.139. The number of aliphatic carboxylic acids is 1. The molecule has 1 aliphatic rings. The second-order valence-corrected chi connectivity index (χ2v) is 9.29. The number of nitrogen functional groups attached to an aromatic ring is 1. The number of likely N-dealkylation sites (tertiary alicyclic amines) is 1. The van der Waals surface area contributed by atoms with Crippen LogP contribution in [-0.4, -0.2) is 56.9 Å². The van der Waals surface area contributed by atoms with Crippen LogP contribution in [0.4, 0.5) is 0 Å². The second-order valence-electron chi connectivity index (χ2n) is 9.29. The number of nitrogens with zero attached hydrogens (tertiary/aromatic N) is 3. The van der Waals surface area contributed by atoms with E-state index in [0.29, 0.717) is 40.9 Å². The van der Waals surface area contributed by atoms with Crippen molar-refractivity contribution in [3.63, 3.8) is 0 Å². The number of halogens is 1. The largest absolute Gasteiger partial charge is 0.480 e. The highest BCUT2D eigenvalue weighted by molar-refractivity contribution is 5.95. The molecule has 0 aliphatic carbocycles. The number of hydrogen-bond acceptors (Lipinski definition) is 6. The molecule has 0 bridgehead atoms. The molecular weight excluding hydrogens is 496 g/mol. The van der Waals surface area contributed by atoms with Gasteiger partial charge in [-0.25, -0.2) is 4.98 Å². The zero-order valence-electron chi connectivity index (χ0n) is 20.8. The third-order valence-corrected chi connectivity index (χ3v) is 6.74. The summed E-state index contributed by atoms with van der Waals surface area (Å²) >= 11 is 0. The fourth-order valence-corrected chi connectivity index (χ4v) is 4.65. The summed E-state index contributed by atoms with van der Waals surface area (Å²) in [6.45, 7) is 2.57. The molecule has 3 aromatic rings. The van der Waals surface area contributed by atoms with Crippen LogP contribution in [0.1, 0.15) is 42.1 Å². The highest BCUT2D eigenvalue weighted by Crippen LogP contribution is 2.28. The lowest BCUT2D eigenvalue weighted by Crippen LogP contribution is -2.54. The minimum Gasteiger partial charge on any atom is -0.480 e. The smallest absolute Gasteiger partial charge is 0.317 e. The highest BCUT2D eigenvalue weighted by atomic mass is 35.5. The molecule has 10 nitrogen and oxygen atoms in total. The summed E-state index contributed by atoms with van der Waals surface area (Å²) in [4.78, 5) is 44.3. The van der Waals surface area contributed by atoms with Gasteiger partial charge in [-0.2, -0.15) is 0 Å². The quantitative estimate of drug-likeness (QED) is 0.257. The zero-order valence-corrected chi connectivity index (χ0v) is 21.6. The number of nitrogens with one attached hydrogen (secondary N) is 2. The van der Waals surface area contributed by atoms with Gasteiger partial charge in [-0.15, -0.1) is 12.4 Å².